The van der Waals surface area contributed by atoms with Crippen LogP contribution in [0.15, 0.2) is 16.2 Å². The maximum atomic E-state index is 11.4. The highest BCUT2D eigenvalue weighted by Crippen LogP contribution is 2.18. The van der Waals surface area contributed by atoms with Gasteiger partial charge in [0.2, 0.25) is 0 Å². The summed E-state index contributed by atoms with van der Waals surface area (Å²) in [7, 11) is 0. The molecule has 0 spiro atoms. The summed E-state index contributed by atoms with van der Waals surface area (Å²) in [4.78, 5) is 19.0. The number of aromatic amines is 1. The average molecular weight is 215 g/mol. The minimum Gasteiger partial charge on any atom is -0.309 e. The van der Waals surface area contributed by atoms with E-state index in [0.717, 1.165) is 4.83 Å². The van der Waals surface area contributed by atoms with Crippen LogP contribution in [-0.4, -0.2) is 9.97 Å². The van der Waals surface area contributed by atoms with Gasteiger partial charge in [0.25, 0.3) is 5.56 Å². The third kappa shape index (κ3) is 1.47. The Kier molecular flexibility index (Phi) is 2.09. The number of nitrogens with one attached hydrogen (secondary N) is 1. The SMILES string of the molecule is CC(Cl)c1nc2sccc2c(=O)[nH]1. The topological polar surface area (TPSA) is 45.8 Å². The van der Waals surface area contributed by atoms with Crippen LogP contribution in [0, 0.1) is 0 Å². The number of aromatic nitrogens is 2. The molecular formula is C8H7ClN2OS. The lowest BCUT2D eigenvalue weighted by molar-refractivity contribution is 0.917. The van der Waals surface area contributed by atoms with E-state index in [0.29, 0.717) is 11.2 Å². The van der Waals surface area contributed by atoms with Crippen molar-refractivity contribution in [1.82, 2.24) is 9.97 Å². The van der Waals surface area contributed by atoms with Gasteiger partial charge in [0.15, 0.2) is 0 Å². The smallest absolute Gasteiger partial charge is 0.259 e. The van der Waals surface area contributed by atoms with Crippen molar-refractivity contribution in [1.29, 1.82) is 0 Å². The maximum absolute atomic E-state index is 11.4. The lowest BCUT2D eigenvalue weighted by atomic mass is 10.4. The molecule has 0 amide bonds. The molecule has 5 heteroatoms. The molecule has 0 fully saturated rings. The number of alkyl halides is 1. The molecule has 2 rings (SSSR count). The van der Waals surface area contributed by atoms with E-state index < -0.39 is 0 Å². The number of fused-ring (bicyclic) bond motifs is 1. The number of nitrogens with zero attached hydrogens (tertiary/aromatic N) is 1. The van der Waals surface area contributed by atoms with Crippen molar-refractivity contribution in [2.45, 2.75) is 12.3 Å². The van der Waals surface area contributed by atoms with Crippen LogP contribution in [0.5, 0.6) is 0 Å². The van der Waals surface area contributed by atoms with Crippen molar-refractivity contribution in [2.75, 3.05) is 0 Å². The van der Waals surface area contributed by atoms with Crippen molar-refractivity contribution in [3.63, 3.8) is 0 Å². The van der Waals surface area contributed by atoms with Gasteiger partial charge in [0.1, 0.15) is 10.7 Å². The van der Waals surface area contributed by atoms with Crippen molar-refractivity contribution in [2.24, 2.45) is 0 Å². The fraction of sp³-hybridized carbons (Fsp3) is 0.250. The standard InChI is InChI=1S/C8H7ClN2OS/c1-4(9)6-10-7(12)5-2-3-13-8(5)11-6/h2-4H,1H3,(H,10,11,12). The van der Waals surface area contributed by atoms with Gasteiger partial charge in [-0.1, -0.05) is 0 Å². The zero-order valence-electron chi connectivity index (χ0n) is 6.87. The highest BCUT2D eigenvalue weighted by Gasteiger charge is 2.08. The minimum absolute atomic E-state index is 0.117. The molecule has 1 unspecified atom stereocenters. The van der Waals surface area contributed by atoms with Gasteiger partial charge in [-0.25, -0.2) is 4.98 Å². The third-order valence-electron chi connectivity index (χ3n) is 1.73. The Bertz CT molecular complexity index is 488. The van der Waals surface area contributed by atoms with E-state index in [1.54, 1.807) is 13.0 Å². The number of H-pyrrole nitrogens is 1. The Labute approximate surface area is 83.4 Å². The van der Waals surface area contributed by atoms with Gasteiger partial charge >= 0.3 is 0 Å². The van der Waals surface area contributed by atoms with Gasteiger partial charge in [-0.15, -0.1) is 22.9 Å². The van der Waals surface area contributed by atoms with E-state index in [1.807, 2.05) is 5.38 Å². The summed E-state index contributed by atoms with van der Waals surface area (Å²) in [6.45, 7) is 1.78. The van der Waals surface area contributed by atoms with Gasteiger partial charge in [0.05, 0.1) is 10.8 Å². The Balaban J connectivity index is 2.77. The number of halogens is 1. The van der Waals surface area contributed by atoms with E-state index in [2.05, 4.69) is 9.97 Å². The van der Waals surface area contributed by atoms with Crippen LogP contribution in [0.3, 0.4) is 0 Å². The van der Waals surface area contributed by atoms with Gasteiger partial charge in [-0.3, -0.25) is 4.79 Å². The van der Waals surface area contributed by atoms with E-state index >= 15 is 0 Å². The molecule has 0 aromatic carbocycles. The molecule has 68 valence electrons. The summed E-state index contributed by atoms with van der Waals surface area (Å²) in [6, 6.07) is 1.76. The molecule has 13 heavy (non-hydrogen) atoms. The van der Waals surface area contributed by atoms with Crippen LogP contribution in [0.2, 0.25) is 0 Å². The monoisotopic (exact) mass is 214 g/mol. The molecule has 0 radical (unpaired) electrons. The van der Waals surface area contributed by atoms with Crippen LogP contribution in [0.4, 0.5) is 0 Å². The average Bonchev–Trinajstić information content (AvgIpc) is 2.51. The lowest BCUT2D eigenvalue weighted by Crippen LogP contribution is -2.10. The highest BCUT2D eigenvalue weighted by molar-refractivity contribution is 7.16. The quantitative estimate of drug-likeness (QED) is 0.741. The highest BCUT2D eigenvalue weighted by atomic mass is 35.5. The third-order valence-corrected chi connectivity index (χ3v) is 2.74. The second-order valence-corrected chi connectivity index (χ2v) is 4.26. The zero-order valence-corrected chi connectivity index (χ0v) is 8.45. The molecule has 0 saturated carbocycles. The van der Waals surface area contributed by atoms with Crippen molar-refractivity contribution in [3.8, 4) is 0 Å². The number of hydrogen-bond donors (Lipinski definition) is 1. The Morgan fingerprint density at radius 2 is 2.46 bits per heavy atom. The number of thiophene rings is 1. The number of rotatable bonds is 1. The van der Waals surface area contributed by atoms with Gasteiger partial charge in [-0.2, -0.15) is 0 Å². The van der Waals surface area contributed by atoms with Gasteiger partial charge < -0.3 is 4.98 Å². The molecule has 1 atom stereocenters. The molecular weight excluding hydrogens is 208 g/mol. The van der Waals surface area contributed by atoms with Crippen LogP contribution in [0.25, 0.3) is 10.2 Å². The normalized spacial score (nSPS) is 13.4. The predicted octanol–water partition coefficient (Wildman–Crippen LogP) is 2.28. The second-order valence-electron chi connectivity index (χ2n) is 2.71. The van der Waals surface area contributed by atoms with Gasteiger partial charge in [0, 0.05) is 0 Å². The Hall–Kier alpha value is -0.870. The fourth-order valence-corrected chi connectivity index (χ4v) is 1.95. The fourth-order valence-electron chi connectivity index (χ4n) is 1.07. The largest absolute Gasteiger partial charge is 0.309 e. The van der Waals surface area contributed by atoms with Crippen molar-refractivity contribution < 1.29 is 0 Å². The molecule has 3 nitrogen and oxygen atoms in total. The van der Waals surface area contributed by atoms with Crippen molar-refractivity contribution >= 4 is 33.2 Å². The molecule has 0 bridgehead atoms. The molecule has 1 N–H and O–H groups in total. The lowest BCUT2D eigenvalue weighted by Gasteiger charge is -2.00. The molecule has 2 heterocycles. The van der Waals surface area contributed by atoms with Crippen LogP contribution < -0.4 is 5.56 Å². The molecule has 0 aliphatic heterocycles. The Morgan fingerprint density at radius 1 is 1.69 bits per heavy atom. The summed E-state index contributed by atoms with van der Waals surface area (Å²) >= 11 is 7.26. The summed E-state index contributed by atoms with van der Waals surface area (Å²) in [5, 5.41) is 2.21. The summed E-state index contributed by atoms with van der Waals surface area (Å²) < 4.78 is 0. The molecule has 2 aromatic heterocycles. The number of hydrogen-bond acceptors (Lipinski definition) is 3. The van der Waals surface area contributed by atoms with E-state index in [4.69, 9.17) is 11.6 Å². The first-order chi connectivity index (χ1) is 6.18. The minimum atomic E-state index is -0.265. The van der Waals surface area contributed by atoms with E-state index in [9.17, 15) is 4.79 Å². The first kappa shape index (κ1) is 8.72. The Morgan fingerprint density at radius 3 is 3.15 bits per heavy atom. The van der Waals surface area contributed by atoms with Crippen LogP contribution in [0.1, 0.15) is 18.1 Å². The zero-order chi connectivity index (χ0) is 9.42. The summed E-state index contributed by atoms with van der Waals surface area (Å²) in [6.07, 6.45) is 0. The van der Waals surface area contributed by atoms with Crippen molar-refractivity contribution in [3.05, 3.63) is 27.6 Å². The van der Waals surface area contributed by atoms with Crippen LogP contribution >= 0.6 is 22.9 Å². The predicted molar refractivity (Wildman–Crippen MR) is 54.5 cm³/mol. The second kappa shape index (κ2) is 3.12. The van der Waals surface area contributed by atoms with Gasteiger partial charge in [-0.05, 0) is 18.4 Å². The first-order valence-corrected chi connectivity index (χ1v) is 5.11. The van der Waals surface area contributed by atoms with E-state index in [-0.39, 0.29) is 10.9 Å². The maximum Gasteiger partial charge on any atom is 0.259 e. The molecule has 0 saturated heterocycles. The molecule has 0 aliphatic rings. The first-order valence-electron chi connectivity index (χ1n) is 3.80. The summed E-state index contributed by atoms with van der Waals surface area (Å²) in [5.74, 6) is 0.529. The molecule has 0 aliphatic carbocycles. The summed E-state index contributed by atoms with van der Waals surface area (Å²) in [5.41, 5.74) is -0.117. The van der Waals surface area contributed by atoms with Crippen LogP contribution in [-0.2, 0) is 0 Å². The van der Waals surface area contributed by atoms with E-state index in [1.165, 1.54) is 11.3 Å². The molecule has 2 aromatic rings.